The van der Waals surface area contributed by atoms with Gasteiger partial charge in [-0.3, -0.25) is 4.79 Å². The van der Waals surface area contributed by atoms with Crippen LogP contribution in [0.15, 0.2) is 12.7 Å². The molecule has 0 spiro atoms. The van der Waals surface area contributed by atoms with Gasteiger partial charge in [-0.25, -0.2) is 4.79 Å². The van der Waals surface area contributed by atoms with E-state index in [0.29, 0.717) is 5.92 Å². The van der Waals surface area contributed by atoms with E-state index in [0.717, 1.165) is 12.5 Å². The second-order valence-electron chi connectivity index (χ2n) is 6.69. The molecule has 0 aliphatic heterocycles. The maximum absolute atomic E-state index is 12.4. The summed E-state index contributed by atoms with van der Waals surface area (Å²) in [6, 6.07) is 0. The highest BCUT2D eigenvalue weighted by Gasteiger charge is 2.45. The lowest BCUT2D eigenvalue weighted by Gasteiger charge is -2.40. The molecule has 0 saturated carbocycles. The quantitative estimate of drug-likeness (QED) is 0.408. The molecule has 0 aromatic rings. The molecule has 0 saturated heterocycles. The lowest BCUT2D eigenvalue weighted by molar-refractivity contribution is -0.166. The summed E-state index contributed by atoms with van der Waals surface area (Å²) in [5, 5.41) is 0. The minimum atomic E-state index is -0.566. The summed E-state index contributed by atoms with van der Waals surface area (Å²) in [7, 11) is 0. The first kappa shape index (κ1) is 18.7. The van der Waals surface area contributed by atoms with Gasteiger partial charge in [-0.1, -0.05) is 41.2 Å². The van der Waals surface area contributed by atoms with Crippen molar-refractivity contribution in [2.45, 2.75) is 48.0 Å². The molecule has 1 atom stereocenters. The van der Waals surface area contributed by atoms with Crippen molar-refractivity contribution in [3.05, 3.63) is 12.7 Å². The van der Waals surface area contributed by atoms with E-state index in [-0.39, 0.29) is 24.6 Å². The Kier molecular flexibility index (Phi) is 6.97. The highest BCUT2D eigenvalue weighted by molar-refractivity contribution is 5.81. The lowest BCUT2D eigenvalue weighted by Crippen LogP contribution is -2.43. The minimum absolute atomic E-state index is 0.0541. The Balaban J connectivity index is 4.58. The van der Waals surface area contributed by atoms with Gasteiger partial charge in [0.2, 0.25) is 0 Å². The minimum Gasteiger partial charge on any atom is -0.462 e. The topological polar surface area (TPSA) is 52.6 Å². The van der Waals surface area contributed by atoms with E-state index in [9.17, 15) is 9.59 Å². The van der Waals surface area contributed by atoms with Crippen molar-refractivity contribution in [3.8, 4) is 0 Å². The summed E-state index contributed by atoms with van der Waals surface area (Å²) in [5.41, 5.74) is -0.768. The fraction of sp³-hybridized carbons (Fsp3) is 0.750. The monoisotopic (exact) mass is 284 g/mol. The van der Waals surface area contributed by atoms with Gasteiger partial charge in [-0.15, -0.1) is 0 Å². The van der Waals surface area contributed by atoms with Crippen LogP contribution in [-0.4, -0.2) is 25.2 Å². The molecular weight excluding hydrogens is 256 g/mol. The van der Waals surface area contributed by atoms with Crippen LogP contribution in [0.2, 0.25) is 0 Å². The van der Waals surface area contributed by atoms with Crippen molar-refractivity contribution in [2.75, 3.05) is 13.2 Å². The molecule has 0 rings (SSSR count). The molecule has 116 valence electrons. The first-order valence-corrected chi connectivity index (χ1v) is 7.01. The van der Waals surface area contributed by atoms with Crippen LogP contribution in [0.1, 0.15) is 48.0 Å². The van der Waals surface area contributed by atoms with Gasteiger partial charge >= 0.3 is 11.9 Å². The Hall–Kier alpha value is -1.32. The Morgan fingerprint density at radius 2 is 1.60 bits per heavy atom. The average Bonchev–Trinajstić information content (AvgIpc) is 2.31. The number of rotatable bonds is 7. The zero-order valence-corrected chi connectivity index (χ0v) is 13.6. The van der Waals surface area contributed by atoms with Gasteiger partial charge in [0, 0.05) is 6.08 Å². The molecule has 4 nitrogen and oxygen atoms in total. The molecule has 20 heavy (non-hydrogen) atoms. The largest absolute Gasteiger partial charge is 0.462 e. The summed E-state index contributed by atoms with van der Waals surface area (Å²) in [4.78, 5) is 23.3. The predicted molar refractivity (Wildman–Crippen MR) is 79.1 cm³/mol. The van der Waals surface area contributed by atoms with E-state index in [4.69, 9.17) is 9.47 Å². The Bertz CT molecular complexity index is 352. The maximum atomic E-state index is 12.4. The third kappa shape index (κ3) is 5.35. The van der Waals surface area contributed by atoms with Crippen molar-refractivity contribution in [3.63, 3.8) is 0 Å². The number of carbonyl (C=O) groups is 2. The van der Waals surface area contributed by atoms with Gasteiger partial charge in [0.05, 0.1) is 5.41 Å². The van der Waals surface area contributed by atoms with E-state index in [1.54, 1.807) is 0 Å². The number of ether oxygens (including phenoxy) is 2. The van der Waals surface area contributed by atoms with E-state index >= 15 is 0 Å². The van der Waals surface area contributed by atoms with Crippen molar-refractivity contribution in [1.29, 1.82) is 0 Å². The van der Waals surface area contributed by atoms with Crippen LogP contribution in [0, 0.1) is 16.7 Å². The average molecular weight is 284 g/mol. The molecule has 1 unspecified atom stereocenters. The Morgan fingerprint density at radius 3 is 2.00 bits per heavy atom. The van der Waals surface area contributed by atoms with Gasteiger partial charge in [-0.05, 0) is 24.7 Å². The fourth-order valence-corrected chi connectivity index (χ4v) is 2.01. The van der Waals surface area contributed by atoms with E-state index in [1.807, 2.05) is 27.7 Å². The first-order valence-electron chi connectivity index (χ1n) is 7.01. The lowest BCUT2D eigenvalue weighted by atomic mass is 9.64. The van der Waals surface area contributed by atoms with Gasteiger partial charge in [0.25, 0.3) is 0 Å². The predicted octanol–water partition coefficient (Wildman–Crippen LogP) is 3.36. The SMILES string of the molecule is C=CC(=O)OCCOC(=O)C(C)(CC(C)C)C(C)(C)C. The van der Waals surface area contributed by atoms with Gasteiger partial charge in [0.15, 0.2) is 0 Å². The van der Waals surface area contributed by atoms with E-state index < -0.39 is 11.4 Å². The summed E-state index contributed by atoms with van der Waals surface area (Å²) in [6.45, 7) is 15.6. The molecule has 0 amide bonds. The molecular formula is C16H28O4. The van der Waals surface area contributed by atoms with E-state index in [1.165, 1.54) is 0 Å². The molecule has 0 aliphatic carbocycles. The van der Waals surface area contributed by atoms with Crippen molar-refractivity contribution in [2.24, 2.45) is 16.7 Å². The molecule has 0 radical (unpaired) electrons. The van der Waals surface area contributed by atoms with Crippen LogP contribution >= 0.6 is 0 Å². The van der Waals surface area contributed by atoms with Crippen LogP contribution in [0.4, 0.5) is 0 Å². The number of hydrogen-bond donors (Lipinski definition) is 0. The molecule has 0 fully saturated rings. The summed E-state index contributed by atoms with van der Waals surface area (Å²) < 4.78 is 10.1. The second kappa shape index (κ2) is 7.46. The standard InChI is InChI=1S/C16H28O4/c1-8-13(17)19-9-10-20-14(18)16(7,11-12(2)3)15(4,5)6/h8,12H,1,9-11H2,2-7H3. The molecule has 4 heteroatoms. The third-order valence-electron chi connectivity index (χ3n) is 3.65. The van der Waals surface area contributed by atoms with Gasteiger partial charge in [0.1, 0.15) is 13.2 Å². The molecule has 0 N–H and O–H groups in total. The summed E-state index contributed by atoms with van der Waals surface area (Å²) >= 11 is 0. The Morgan fingerprint density at radius 1 is 1.10 bits per heavy atom. The summed E-state index contributed by atoms with van der Waals surface area (Å²) in [6.07, 6.45) is 1.83. The van der Waals surface area contributed by atoms with Gasteiger partial charge < -0.3 is 9.47 Å². The number of hydrogen-bond acceptors (Lipinski definition) is 4. The fourth-order valence-electron chi connectivity index (χ4n) is 2.01. The van der Waals surface area contributed by atoms with Crippen molar-refractivity contribution in [1.82, 2.24) is 0 Å². The van der Waals surface area contributed by atoms with Crippen molar-refractivity contribution < 1.29 is 19.1 Å². The number of esters is 2. The smallest absolute Gasteiger partial charge is 0.330 e. The normalized spacial score (nSPS) is 14.6. The van der Waals surface area contributed by atoms with Crippen LogP contribution in [-0.2, 0) is 19.1 Å². The second-order valence-corrected chi connectivity index (χ2v) is 6.69. The first-order chi connectivity index (χ1) is 9.04. The van der Waals surface area contributed by atoms with E-state index in [2.05, 4.69) is 20.4 Å². The highest BCUT2D eigenvalue weighted by Crippen LogP contribution is 2.44. The number of carbonyl (C=O) groups excluding carboxylic acids is 2. The van der Waals surface area contributed by atoms with Gasteiger partial charge in [-0.2, -0.15) is 0 Å². The van der Waals surface area contributed by atoms with Crippen LogP contribution < -0.4 is 0 Å². The molecule has 0 aromatic heterocycles. The Labute approximate surface area is 122 Å². The summed E-state index contributed by atoms with van der Waals surface area (Å²) in [5.74, 6) is -0.361. The molecule has 0 heterocycles. The third-order valence-corrected chi connectivity index (χ3v) is 3.65. The van der Waals surface area contributed by atoms with Crippen LogP contribution in [0.25, 0.3) is 0 Å². The highest BCUT2D eigenvalue weighted by atomic mass is 16.6. The van der Waals surface area contributed by atoms with Crippen LogP contribution in [0.5, 0.6) is 0 Å². The van der Waals surface area contributed by atoms with Crippen molar-refractivity contribution >= 4 is 11.9 Å². The molecule has 0 bridgehead atoms. The van der Waals surface area contributed by atoms with Crippen LogP contribution in [0.3, 0.4) is 0 Å². The zero-order chi connectivity index (χ0) is 16.0. The zero-order valence-electron chi connectivity index (χ0n) is 13.6. The molecule has 0 aliphatic rings. The molecule has 0 aromatic carbocycles. The maximum Gasteiger partial charge on any atom is 0.330 e.